The van der Waals surface area contributed by atoms with Crippen LogP contribution < -0.4 is 5.32 Å². The molecule has 5 rings (SSSR count). The molecule has 5 aliphatic rings. The average Bonchev–Trinajstić information content (AvgIpc) is 3.36. The molecule has 0 radical (unpaired) electrons. The quantitative estimate of drug-likeness (QED) is 0.181. The Morgan fingerprint density at radius 1 is 0.872 bits per heavy atom. The molecule has 3 N–H and O–H groups in total. The number of hydrogen-bond donors (Lipinski definition) is 3. The smallest absolute Gasteiger partial charge is 0.325 e. The molecule has 0 aromatic heterocycles. The van der Waals surface area contributed by atoms with Crippen molar-refractivity contribution in [2.75, 3.05) is 0 Å². The number of allylic oxidation sites excluding steroid dienone is 1. The minimum Gasteiger partial charge on any atom is -0.481 e. The highest BCUT2D eigenvalue weighted by atomic mass is 16.5. The minimum atomic E-state index is -1.17. The zero-order valence-electron chi connectivity index (χ0n) is 30.5. The topological polar surface area (TPSA) is 130 Å². The lowest BCUT2D eigenvalue weighted by molar-refractivity contribution is -0.249. The summed E-state index contributed by atoms with van der Waals surface area (Å²) >= 11 is 0. The summed E-state index contributed by atoms with van der Waals surface area (Å²) in [6.45, 7) is 23.3. The van der Waals surface area contributed by atoms with Gasteiger partial charge in [0.1, 0.15) is 12.1 Å². The SMILES string of the molecule is C=C(C)[C@@H]1CC[C@]2(C(=O)NC(C)C(=O)O)CC[C@]3(C)[C@H](CC[C@@H]4[C@@]5(C)CC[C@H](OC(=O)CC(C)(C)C(=O)O)C(C)(C)[C@@H]5CC[C@]43C)[C@@H]12. The van der Waals surface area contributed by atoms with Gasteiger partial charge in [0.05, 0.1) is 17.3 Å². The van der Waals surface area contributed by atoms with Crippen LogP contribution in [0.2, 0.25) is 0 Å². The molecule has 0 aromatic carbocycles. The number of hydrogen-bond acceptors (Lipinski definition) is 5. The van der Waals surface area contributed by atoms with Crippen molar-refractivity contribution in [2.45, 2.75) is 145 Å². The number of ether oxygens (including phenoxy) is 1. The van der Waals surface area contributed by atoms with Gasteiger partial charge in [-0.3, -0.25) is 19.2 Å². The molecule has 1 amide bonds. The molecule has 0 aliphatic heterocycles. The van der Waals surface area contributed by atoms with Crippen LogP contribution in [0.1, 0.15) is 133 Å². The lowest BCUT2D eigenvalue weighted by Crippen LogP contribution is -2.67. The van der Waals surface area contributed by atoms with Crippen LogP contribution >= 0.6 is 0 Å². The number of carboxylic acids is 2. The van der Waals surface area contributed by atoms with Gasteiger partial charge in [0.2, 0.25) is 5.91 Å². The Balaban J connectivity index is 1.43. The highest BCUT2D eigenvalue weighted by Gasteiger charge is 2.72. The zero-order chi connectivity index (χ0) is 35.1. The van der Waals surface area contributed by atoms with Crippen molar-refractivity contribution in [1.82, 2.24) is 5.32 Å². The summed E-state index contributed by atoms with van der Waals surface area (Å²) in [6.07, 6.45) is 9.11. The van der Waals surface area contributed by atoms with Crippen LogP contribution in [0.5, 0.6) is 0 Å². The van der Waals surface area contributed by atoms with Gasteiger partial charge in [0.25, 0.3) is 0 Å². The molecular formula is C39H61NO7. The summed E-state index contributed by atoms with van der Waals surface area (Å²) in [6, 6.07) is -0.917. The largest absolute Gasteiger partial charge is 0.481 e. The molecule has 47 heavy (non-hydrogen) atoms. The molecule has 0 saturated heterocycles. The van der Waals surface area contributed by atoms with E-state index in [0.717, 1.165) is 69.8 Å². The van der Waals surface area contributed by atoms with E-state index in [2.05, 4.69) is 53.4 Å². The third kappa shape index (κ3) is 5.28. The molecule has 5 saturated carbocycles. The Morgan fingerprint density at radius 2 is 1.53 bits per heavy atom. The second kappa shape index (κ2) is 11.6. The first-order chi connectivity index (χ1) is 21.6. The third-order valence-electron chi connectivity index (χ3n) is 15.6. The van der Waals surface area contributed by atoms with Gasteiger partial charge in [-0.2, -0.15) is 0 Å². The fourth-order valence-electron chi connectivity index (χ4n) is 12.8. The third-order valence-corrected chi connectivity index (χ3v) is 15.6. The molecule has 5 fully saturated rings. The number of nitrogens with one attached hydrogen (secondary N) is 1. The first-order valence-electron chi connectivity index (χ1n) is 18.2. The highest BCUT2D eigenvalue weighted by Crippen LogP contribution is 2.77. The van der Waals surface area contributed by atoms with E-state index in [4.69, 9.17) is 4.74 Å². The number of carboxylic acid groups (broad SMARTS) is 2. The maximum absolute atomic E-state index is 14.1. The zero-order valence-corrected chi connectivity index (χ0v) is 30.5. The van der Waals surface area contributed by atoms with Crippen LogP contribution in [0, 0.1) is 62.1 Å². The van der Waals surface area contributed by atoms with Crippen LogP contribution in [-0.2, 0) is 23.9 Å². The van der Waals surface area contributed by atoms with E-state index in [-0.39, 0.29) is 51.9 Å². The van der Waals surface area contributed by atoms with Gasteiger partial charge in [-0.25, -0.2) is 0 Å². The van der Waals surface area contributed by atoms with Crippen LogP contribution in [0.15, 0.2) is 12.2 Å². The highest BCUT2D eigenvalue weighted by molar-refractivity contribution is 5.88. The van der Waals surface area contributed by atoms with Gasteiger partial charge in [0, 0.05) is 5.41 Å². The second-order valence-electron chi connectivity index (χ2n) is 18.6. The molecule has 8 nitrogen and oxygen atoms in total. The summed E-state index contributed by atoms with van der Waals surface area (Å²) < 4.78 is 6.13. The molecule has 264 valence electrons. The molecule has 5 aliphatic carbocycles. The van der Waals surface area contributed by atoms with Crippen molar-refractivity contribution in [3.63, 3.8) is 0 Å². The van der Waals surface area contributed by atoms with Crippen molar-refractivity contribution in [3.8, 4) is 0 Å². The van der Waals surface area contributed by atoms with E-state index in [1.54, 1.807) is 20.8 Å². The molecule has 8 heteroatoms. The normalized spacial score (nSPS) is 42.8. The van der Waals surface area contributed by atoms with E-state index in [9.17, 15) is 29.4 Å². The lowest BCUT2D eigenvalue weighted by atomic mass is 9.32. The van der Waals surface area contributed by atoms with Crippen molar-refractivity contribution >= 4 is 23.8 Å². The number of carbonyl (C=O) groups is 4. The lowest BCUT2D eigenvalue weighted by Gasteiger charge is -2.72. The van der Waals surface area contributed by atoms with Gasteiger partial charge in [-0.1, -0.05) is 46.8 Å². The number of aliphatic carboxylic acids is 2. The molecule has 0 aromatic rings. The molecule has 0 bridgehead atoms. The Morgan fingerprint density at radius 3 is 2.13 bits per heavy atom. The Hall–Kier alpha value is -2.38. The van der Waals surface area contributed by atoms with E-state index in [1.807, 2.05) is 0 Å². The summed E-state index contributed by atoms with van der Waals surface area (Å²) in [5, 5.41) is 22.1. The van der Waals surface area contributed by atoms with E-state index >= 15 is 0 Å². The summed E-state index contributed by atoms with van der Waals surface area (Å²) in [7, 11) is 0. The van der Waals surface area contributed by atoms with Crippen LogP contribution in [0.4, 0.5) is 0 Å². The maximum atomic E-state index is 14.1. The summed E-state index contributed by atoms with van der Waals surface area (Å²) in [5.74, 6) is -0.869. The molecule has 0 spiro atoms. The second-order valence-corrected chi connectivity index (χ2v) is 18.6. The first-order valence-corrected chi connectivity index (χ1v) is 18.2. The molecule has 0 heterocycles. The molecule has 1 unspecified atom stereocenters. The van der Waals surface area contributed by atoms with Crippen molar-refractivity contribution in [1.29, 1.82) is 0 Å². The van der Waals surface area contributed by atoms with Gasteiger partial charge in [-0.05, 0) is 138 Å². The fraction of sp³-hybridized carbons (Fsp3) is 0.846. The van der Waals surface area contributed by atoms with Gasteiger partial charge in [0.15, 0.2) is 0 Å². The van der Waals surface area contributed by atoms with Crippen molar-refractivity contribution in [3.05, 3.63) is 12.2 Å². The monoisotopic (exact) mass is 655 g/mol. The number of amides is 1. The minimum absolute atomic E-state index is 0.0324. The number of carbonyl (C=O) groups excluding carboxylic acids is 2. The van der Waals surface area contributed by atoms with E-state index < -0.39 is 34.8 Å². The van der Waals surface area contributed by atoms with Crippen molar-refractivity contribution in [2.24, 2.45) is 62.1 Å². The first kappa shape index (κ1) is 35.9. The predicted molar refractivity (Wildman–Crippen MR) is 180 cm³/mol. The van der Waals surface area contributed by atoms with Gasteiger partial charge >= 0.3 is 17.9 Å². The number of fused-ring (bicyclic) bond motifs is 7. The number of esters is 1. The van der Waals surface area contributed by atoms with Gasteiger partial charge < -0.3 is 20.3 Å². The van der Waals surface area contributed by atoms with Crippen LogP contribution in [0.25, 0.3) is 0 Å². The van der Waals surface area contributed by atoms with Crippen LogP contribution in [-0.4, -0.2) is 46.2 Å². The molecule has 11 atom stereocenters. The molecular weight excluding hydrogens is 594 g/mol. The van der Waals surface area contributed by atoms with Crippen molar-refractivity contribution < 1.29 is 34.1 Å². The predicted octanol–water partition coefficient (Wildman–Crippen LogP) is 7.65. The fourth-order valence-corrected chi connectivity index (χ4v) is 12.8. The number of rotatable bonds is 8. The van der Waals surface area contributed by atoms with Crippen LogP contribution in [0.3, 0.4) is 0 Å². The maximum Gasteiger partial charge on any atom is 0.325 e. The Kier molecular flexibility index (Phi) is 8.87. The van der Waals surface area contributed by atoms with E-state index in [0.29, 0.717) is 17.8 Å². The summed E-state index contributed by atoms with van der Waals surface area (Å²) in [4.78, 5) is 50.5. The average molecular weight is 656 g/mol. The van der Waals surface area contributed by atoms with E-state index in [1.165, 1.54) is 0 Å². The summed E-state index contributed by atoms with van der Waals surface area (Å²) in [5.41, 5.74) is -0.645. The van der Waals surface area contributed by atoms with Gasteiger partial charge in [-0.15, -0.1) is 0 Å². The Bertz CT molecular complexity index is 1340. The standard InChI is InChI=1S/C39H61NO7/c1-22(2)24-13-18-39(32(44)40-23(3)31(42)43)20-19-37(9)25(30(24)39)11-12-27-36(8)16-15-28(47-29(41)21-34(4,5)33(45)46)35(6,7)26(36)14-17-38(27,37)10/h23-28,30H,1,11-21H2,2-10H3,(H,40,44)(H,42,43)(H,45,46)/t23?,24-,25+,26-,27+,28-,30+,36-,37+,38+,39-/m0/s1. The Labute approximate surface area is 282 Å².